The molecule has 2 aliphatic rings. The molecule has 3 aromatic rings. The van der Waals surface area contributed by atoms with Gasteiger partial charge in [0.15, 0.2) is 5.17 Å². The second-order valence-corrected chi connectivity index (χ2v) is 9.92. The van der Waals surface area contributed by atoms with E-state index in [4.69, 9.17) is 9.73 Å². The number of hydrogen-bond acceptors (Lipinski definition) is 8. The Balaban J connectivity index is 1.57. The fraction of sp³-hybridized carbons (Fsp3) is 0.320. The number of amides is 1. The quantitative estimate of drug-likeness (QED) is 0.490. The standard InChI is InChI=1S/C25H22F4N6O2S/c1-14-19(26)21(37-2)33-22(31-14)35-11-17-12-38-23(32-20(36)15-6-4-3-5-7-15)34-24(17,13-35)18-10-16(8-9-30-18)25(27,28)29/h3-10,17H,11-13H2,1-2H3,(H,32,34,36)/t17-,24-/m0/s1. The number of anilines is 1. The van der Waals surface area contributed by atoms with Gasteiger partial charge in [0, 0.05) is 30.0 Å². The SMILES string of the molecule is COc1nc(N2C[C@H]3CSC(NC(=O)c4ccccc4)=N[C@@]3(c3cc(C(F)(F)F)ccn3)C2)nc(C)c1F. The molecule has 0 unspecified atom stereocenters. The van der Waals surface area contributed by atoms with Crippen LogP contribution in [-0.2, 0) is 11.7 Å². The molecular formula is C25H22F4N6O2S. The number of thioether (sulfide) groups is 1. The molecule has 1 saturated heterocycles. The molecule has 0 bridgehead atoms. The number of rotatable bonds is 4. The fourth-order valence-electron chi connectivity index (χ4n) is 4.57. The number of ether oxygens (including phenoxy) is 1. The summed E-state index contributed by atoms with van der Waals surface area (Å²) in [5.74, 6) is -1.03. The lowest BCUT2D eigenvalue weighted by Crippen LogP contribution is -2.43. The minimum absolute atomic E-state index is 0.0610. The number of aromatic nitrogens is 3. The van der Waals surface area contributed by atoms with Crippen molar-refractivity contribution >= 4 is 28.8 Å². The topological polar surface area (TPSA) is 92.6 Å². The first-order valence-corrected chi connectivity index (χ1v) is 12.5. The van der Waals surface area contributed by atoms with E-state index in [1.807, 2.05) is 0 Å². The predicted octanol–water partition coefficient (Wildman–Crippen LogP) is 4.21. The van der Waals surface area contributed by atoms with Gasteiger partial charge in [-0.05, 0) is 31.2 Å². The Morgan fingerprint density at radius 2 is 1.97 bits per heavy atom. The number of carbonyl (C=O) groups is 1. The summed E-state index contributed by atoms with van der Waals surface area (Å²) in [6.45, 7) is 1.86. The van der Waals surface area contributed by atoms with Gasteiger partial charge in [-0.1, -0.05) is 30.0 Å². The summed E-state index contributed by atoms with van der Waals surface area (Å²) in [5.41, 5.74) is -1.50. The van der Waals surface area contributed by atoms with E-state index in [1.165, 1.54) is 25.8 Å². The Labute approximate surface area is 219 Å². The first-order valence-electron chi connectivity index (χ1n) is 11.6. The zero-order valence-corrected chi connectivity index (χ0v) is 21.1. The summed E-state index contributed by atoms with van der Waals surface area (Å²) in [6, 6.07) is 10.4. The number of fused-ring (bicyclic) bond motifs is 1. The molecule has 2 aromatic heterocycles. The van der Waals surface area contributed by atoms with Gasteiger partial charge in [0.2, 0.25) is 11.8 Å². The summed E-state index contributed by atoms with van der Waals surface area (Å²) in [7, 11) is 1.29. The average molecular weight is 547 g/mol. The van der Waals surface area contributed by atoms with Crippen molar-refractivity contribution in [2.24, 2.45) is 10.9 Å². The van der Waals surface area contributed by atoms with Crippen molar-refractivity contribution in [3.8, 4) is 5.88 Å². The fourth-order valence-corrected chi connectivity index (χ4v) is 5.71. The first-order chi connectivity index (χ1) is 18.1. The van der Waals surface area contributed by atoms with Gasteiger partial charge in [-0.2, -0.15) is 22.5 Å². The number of alkyl halides is 3. The highest BCUT2D eigenvalue weighted by molar-refractivity contribution is 8.13. The molecule has 0 aliphatic carbocycles. The highest BCUT2D eigenvalue weighted by Gasteiger charge is 2.53. The Kier molecular flexibility index (Phi) is 6.72. The number of benzene rings is 1. The van der Waals surface area contributed by atoms with E-state index >= 15 is 0 Å². The number of nitrogens with zero attached hydrogens (tertiary/aromatic N) is 5. The Morgan fingerprint density at radius 3 is 2.68 bits per heavy atom. The van der Waals surface area contributed by atoms with E-state index in [9.17, 15) is 22.4 Å². The number of pyridine rings is 1. The van der Waals surface area contributed by atoms with E-state index in [2.05, 4.69) is 20.3 Å². The van der Waals surface area contributed by atoms with Crippen molar-refractivity contribution in [2.75, 3.05) is 30.9 Å². The molecule has 1 fully saturated rings. The van der Waals surface area contributed by atoms with Gasteiger partial charge < -0.3 is 15.0 Å². The molecule has 8 nitrogen and oxygen atoms in total. The zero-order valence-electron chi connectivity index (χ0n) is 20.3. The Hall–Kier alpha value is -3.74. The molecule has 2 aliphatic heterocycles. The molecule has 1 aromatic carbocycles. The molecule has 2 atom stereocenters. The number of hydrogen-bond donors (Lipinski definition) is 1. The van der Waals surface area contributed by atoms with Gasteiger partial charge in [0.1, 0.15) is 5.54 Å². The van der Waals surface area contributed by atoms with Crippen LogP contribution in [0.4, 0.5) is 23.5 Å². The minimum atomic E-state index is -4.58. The van der Waals surface area contributed by atoms with Gasteiger partial charge in [0.25, 0.3) is 11.8 Å². The molecular weight excluding hydrogens is 524 g/mol. The first kappa shape index (κ1) is 25.9. The summed E-state index contributed by atoms with van der Waals surface area (Å²) < 4.78 is 60.2. The van der Waals surface area contributed by atoms with Crippen LogP contribution in [0.5, 0.6) is 5.88 Å². The van der Waals surface area contributed by atoms with Crippen molar-refractivity contribution in [1.29, 1.82) is 0 Å². The Bertz CT molecular complexity index is 1400. The molecule has 0 radical (unpaired) electrons. The number of aliphatic imine (C=N–C) groups is 1. The largest absolute Gasteiger partial charge is 0.479 e. The molecule has 0 spiro atoms. The van der Waals surface area contributed by atoms with E-state index < -0.39 is 23.1 Å². The van der Waals surface area contributed by atoms with Crippen molar-refractivity contribution in [2.45, 2.75) is 18.6 Å². The van der Waals surface area contributed by atoms with E-state index in [-0.39, 0.29) is 46.8 Å². The van der Waals surface area contributed by atoms with Crippen LogP contribution in [0.25, 0.3) is 0 Å². The van der Waals surface area contributed by atoms with Crippen molar-refractivity contribution in [3.63, 3.8) is 0 Å². The van der Waals surface area contributed by atoms with Crippen LogP contribution in [0.2, 0.25) is 0 Å². The monoisotopic (exact) mass is 546 g/mol. The van der Waals surface area contributed by atoms with Crippen molar-refractivity contribution in [3.05, 3.63) is 77.0 Å². The van der Waals surface area contributed by atoms with Gasteiger partial charge in [-0.3, -0.25) is 9.78 Å². The summed E-state index contributed by atoms with van der Waals surface area (Å²) in [6.07, 6.45) is -3.47. The van der Waals surface area contributed by atoms with Gasteiger partial charge in [-0.15, -0.1) is 0 Å². The highest BCUT2D eigenvalue weighted by Crippen LogP contribution is 2.46. The van der Waals surface area contributed by atoms with Crippen LogP contribution in [0.15, 0.2) is 53.7 Å². The maximum absolute atomic E-state index is 14.3. The lowest BCUT2D eigenvalue weighted by Gasteiger charge is -2.34. The maximum atomic E-state index is 14.3. The van der Waals surface area contributed by atoms with Gasteiger partial charge in [-0.25, -0.2) is 9.98 Å². The van der Waals surface area contributed by atoms with E-state index in [0.717, 1.165) is 18.3 Å². The molecule has 4 heterocycles. The zero-order chi connectivity index (χ0) is 27.1. The Morgan fingerprint density at radius 1 is 1.21 bits per heavy atom. The minimum Gasteiger partial charge on any atom is -0.479 e. The third-order valence-corrected chi connectivity index (χ3v) is 7.54. The molecule has 5 rings (SSSR count). The van der Waals surface area contributed by atoms with E-state index in [0.29, 0.717) is 17.9 Å². The van der Waals surface area contributed by atoms with Crippen LogP contribution < -0.4 is 15.0 Å². The number of halogens is 4. The van der Waals surface area contributed by atoms with Crippen molar-refractivity contribution < 1.29 is 27.1 Å². The predicted molar refractivity (Wildman–Crippen MR) is 134 cm³/mol. The lowest BCUT2D eigenvalue weighted by atomic mass is 9.84. The number of carbonyl (C=O) groups excluding carboxylic acids is 1. The smallest absolute Gasteiger partial charge is 0.416 e. The number of aryl methyl sites for hydroxylation is 1. The van der Waals surface area contributed by atoms with Gasteiger partial charge in [0.05, 0.1) is 30.6 Å². The van der Waals surface area contributed by atoms with E-state index in [1.54, 1.807) is 35.2 Å². The molecule has 1 N–H and O–H groups in total. The van der Waals surface area contributed by atoms with Crippen LogP contribution in [-0.4, -0.2) is 52.0 Å². The van der Waals surface area contributed by atoms with Gasteiger partial charge >= 0.3 is 6.18 Å². The van der Waals surface area contributed by atoms with Crippen LogP contribution in [0.3, 0.4) is 0 Å². The molecule has 0 saturated carbocycles. The molecule has 1 amide bonds. The maximum Gasteiger partial charge on any atom is 0.416 e. The van der Waals surface area contributed by atoms with Crippen LogP contribution in [0, 0.1) is 18.7 Å². The summed E-state index contributed by atoms with van der Waals surface area (Å²) in [5, 5.41) is 3.05. The highest BCUT2D eigenvalue weighted by atomic mass is 32.2. The second-order valence-electron chi connectivity index (χ2n) is 8.91. The number of amidine groups is 1. The normalized spacial score (nSPS) is 21.1. The van der Waals surface area contributed by atoms with Crippen LogP contribution >= 0.6 is 11.8 Å². The summed E-state index contributed by atoms with van der Waals surface area (Å²) in [4.78, 5) is 32.1. The molecule has 198 valence electrons. The average Bonchev–Trinajstić information content (AvgIpc) is 3.30. The lowest BCUT2D eigenvalue weighted by molar-refractivity contribution is -0.137. The van der Waals surface area contributed by atoms with Crippen LogP contribution in [0.1, 0.15) is 27.3 Å². The third kappa shape index (κ3) is 4.77. The second kappa shape index (κ2) is 9.86. The molecule has 13 heteroatoms. The third-order valence-electron chi connectivity index (χ3n) is 6.51. The number of nitrogens with one attached hydrogen (secondary N) is 1. The van der Waals surface area contributed by atoms with Crippen molar-refractivity contribution in [1.82, 2.24) is 20.3 Å². The molecule has 38 heavy (non-hydrogen) atoms. The number of methoxy groups -OCH3 is 1. The summed E-state index contributed by atoms with van der Waals surface area (Å²) >= 11 is 1.29.